The van der Waals surface area contributed by atoms with E-state index in [-0.39, 0.29) is 23.5 Å². The van der Waals surface area contributed by atoms with Gasteiger partial charge in [0.15, 0.2) is 17.8 Å². The number of aliphatic hydroxyl groups is 6. The summed E-state index contributed by atoms with van der Waals surface area (Å²) in [6.07, 6.45) is -15.0. The molecule has 2 aliphatic heterocycles. The van der Waals surface area contributed by atoms with Gasteiger partial charge >= 0.3 is 0 Å². The van der Waals surface area contributed by atoms with Crippen molar-refractivity contribution in [3.05, 3.63) is 46.1 Å². The Morgan fingerprint density at radius 3 is 2.24 bits per heavy atom. The maximum absolute atomic E-state index is 13.8. The van der Waals surface area contributed by atoms with Crippen LogP contribution in [0.2, 0.25) is 0 Å². The molecular weight excluding hydrogens is 552 g/mol. The van der Waals surface area contributed by atoms with Gasteiger partial charge in [0.1, 0.15) is 77.1 Å². The van der Waals surface area contributed by atoms with Gasteiger partial charge in [0.05, 0.1) is 18.8 Å². The molecule has 2 saturated heterocycles. The predicted octanol–water partition coefficient (Wildman–Crippen LogP) is -1.74. The van der Waals surface area contributed by atoms with E-state index in [2.05, 4.69) is 0 Å². The second-order valence-electron chi connectivity index (χ2n) is 9.87. The summed E-state index contributed by atoms with van der Waals surface area (Å²) in [6, 6.07) is 5.30. The van der Waals surface area contributed by atoms with Crippen molar-refractivity contribution in [3.8, 4) is 34.3 Å². The number of aromatic hydroxyl groups is 4. The summed E-state index contributed by atoms with van der Waals surface area (Å²) >= 11 is 0. The number of fused-ring (bicyclic) bond motifs is 1. The third-order valence-corrected chi connectivity index (χ3v) is 7.11. The van der Waals surface area contributed by atoms with Gasteiger partial charge in [-0.1, -0.05) is 0 Å². The lowest BCUT2D eigenvalue weighted by atomic mass is 9.89. The highest BCUT2D eigenvalue weighted by Gasteiger charge is 2.47. The highest BCUT2D eigenvalue weighted by Crippen LogP contribution is 2.41. The third-order valence-electron chi connectivity index (χ3n) is 7.11. The van der Waals surface area contributed by atoms with Gasteiger partial charge in [-0.15, -0.1) is 0 Å². The van der Waals surface area contributed by atoms with E-state index < -0.39 is 101 Å². The Kier molecular flexibility index (Phi) is 7.82. The van der Waals surface area contributed by atoms with E-state index in [0.29, 0.717) is 0 Å². The summed E-state index contributed by atoms with van der Waals surface area (Å²) in [5.74, 6) is -2.55. The lowest BCUT2D eigenvalue weighted by Crippen LogP contribution is -2.58. The quantitative estimate of drug-likeness (QED) is 0.150. The minimum atomic E-state index is -1.95. The number of aliphatic hydroxyl groups excluding tert-OH is 6. The van der Waals surface area contributed by atoms with Gasteiger partial charge in [-0.2, -0.15) is 0 Å². The Morgan fingerprint density at radius 2 is 1.54 bits per heavy atom. The lowest BCUT2D eigenvalue weighted by molar-refractivity contribution is -0.292. The molecule has 0 unspecified atom stereocenters. The van der Waals surface area contributed by atoms with Crippen molar-refractivity contribution in [1.82, 2.24) is 0 Å². The Morgan fingerprint density at radius 1 is 0.805 bits per heavy atom. The molecule has 0 aliphatic carbocycles. The molecule has 9 atom stereocenters. The third kappa shape index (κ3) is 5.19. The number of ether oxygens (including phenoxy) is 3. The fraction of sp³-hybridized carbons (Fsp3) is 0.423. The fourth-order valence-electron chi connectivity index (χ4n) is 4.88. The molecule has 0 amide bonds. The van der Waals surface area contributed by atoms with E-state index >= 15 is 0 Å². The second-order valence-corrected chi connectivity index (χ2v) is 9.87. The summed E-state index contributed by atoms with van der Waals surface area (Å²) in [5, 5.41) is 102. The van der Waals surface area contributed by atoms with E-state index in [1.807, 2.05) is 0 Å². The molecule has 2 aromatic carbocycles. The zero-order chi connectivity index (χ0) is 29.7. The van der Waals surface area contributed by atoms with Crippen LogP contribution >= 0.6 is 0 Å². The van der Waals surface area contributed by atoms with Crippen molar-refractivity contribution in [2.75, 3.05) is 13.2 Å². The molecule has 5 rings (SSSR count). The van der Waals surface area contributed by atoms with Crippen LogP contribution in [-0.2, 0) is 14.2 Å². The van der Waals surface area contributed by atoms with Crippen LogP contribution in [0.25, 0.3) is 22.3 Å². The van der Waals surface area contributed by atoms with Gasteiger partial charge in [0.2, 0.25) is 5.43 Å². The van der Waals surface area contributed by atoms with Crippen LogP contribution in [0.5, 0.6) is 23.0 Å². The average molecular weight is 580 g/mol. The van der Waals surface area contributed by atoms with Crippen molar-refractivity contribution in [2.24, 2.45) is 0 Å². The van der Waals surface area contributed by atoms with Crippen LogP contribution in [0.3, 0.4) is 0 Å². The molecule has 15 nitrogen and oxygen atoms in total. The molecule has 2 fully saturated rings. The lowest BCUT2D eigenvalue weighted by Gasteiger charge is -2.42. The molecule has 0 spiro atoms. The smallest absolute Gasteiger partial charge is 0.203 e. The van der Waals surface area contributed by atoms with Crippen molar-refractivity contribution in [2.45, 2.75) is 55.1 Å². The molecular formula is C26H28O15. The Balaban J connectivity index is 1.57. The molecule has 3 heterocycles. The van der Waals surface area contributed by atoms with Crippen LogP contribution in [0, 0.1) is 0 Å². The number of phenolic OH excluding ortho intramolecular Hbond substituents is 4. The standard InChI is InChI=1S/C26H28O15/c27-9-4-12(30)16-14(5-9)40-24(8-1-2-10(28)11(29)3-8)17(20(16)34)25-22(36)21(35)19(33)15(41-25)7-39-26-23(37)18(32)13(31)6-38-26/h1-5,13,15,18-19,21-23,25-33,35-37H,6-7H2/t13-,15-,18+,19-,21+,22-,23-,25+,26+/m1/s1. The van der Waals surface area contributed by atoms with Gasteiger partial charge in [0.25, 0.3) is 0 Å². The Bertz CT molecular complexity index is 1490. The first kappa shape index (κ1) is 29.0. The maximum Gasteiger partial charge on any atom is 0.203 e. The molecule has 15 heteroatoms. The predicted molar refractivity (Wildman–Crippen MR) is 134 cm³/mol. The molecule has 3 aromatic rings. The summed E-state index contributed by atoms with van der Waals surface area (Å²) in [5.41, 5.74) is -1.71. The first-order chi connectivity index (χ1) is 19.4. The molecule has 0 bridgehead atoms. The van der Waals surface area contributed by atoms with Crippen molar-refractivity contribution >= 4 is 11.0 Å². The molecule has 41 heavy (non-hydrogen) atoms. The van der Waals surface area contributed by atoms with Crippen molar-refractivity contribution < 1.29 is 69.7 Å². The zero-order valence-electron chi connectivity index (χ0n) is 21.0. The van der Waals surface area contributed by atoms with E-state index in [0.717, 1.165) is 24.3 Å². The first-order valence-corrected chi connectivity index (χ1v) is 12.4. The largest absolute Gasteiger partial charge is 0.508 e. The van der Waals surface area contributed by atoms with Crippen LogP contribution in [0.1, 0.15) is 11.7 Å². The summed E-state index contributed by atoms with van der Waals surface area (Å²) < 4.78 is 22.2. The van der Waals surface area contributed by atoms with E-state index in [9.17, 15) is 55.9 Å². The van der Waals surface area contributed by atoms with Crippen LogP contribution < -0.4 is 5.43 Å². The number of benzene rings is 2. The first-order valence-electron chi connectivity index (χ1n) is 12.4. The second kappa shape index (κ2) is 11.1. The molecule has 1 aromatic heterocycles. The summed E-state index contributed by atoms with van der Waals surface area (Å²) in [7, 11) is 0. The number of hydrogen-bond donors (Lipinski definition) is 10. The van der Waals surface area contributed by atoms with E-state index in [4.69, 9.17) is 18.6 Å². The average Bonchev–Trinajstić information content (AvgIpc) is 2.92. The fourth-order valence-corrected chi connectivity index (χ4v) is 4.88. The minimum Gasteiger partial charge on any atom is -0.508 e. The number of rotatable bonds is 5. The SMILES string of the molecule is O=c1c([C@@H]2O[C@H](CO[C@@H]3OC[C@@H](O)[C@H](O)[C@H]3O)[C@@H](O)[C@H](O)[C@H]2O)c(-c2ccc(O)c(O)c2)oc2cc(O)cc(O)c12. The molecule has 0 saturated carbocycles. The normalized spacial score (nSPS) is 32.3. The van der Waals surface area contributed by atoms with Crippen LogP contribution in [0.4, 0.5) is 0 Å². The van der Waals surface area contributed by atoms with Crippen LogP contribution in [-0.4, -0.2) is 113 Å². The number of hydrogen-bond acceptors (Lipinski definition) is 15. The minimum absolute atomic E-state index is 0.00684. The zero-order valence-corrected chi connectivity index (χ0v) is 21.0. The number of phenols is 4. The van der Waals surface area contributed by atoms with Gasteiger partial charge < -0.3 is 69.7 Å². The van der Waals surface area contributed by atoms with Crippen LogP contribution in [0.15, 0.2) is 39.5 Å². The van der Waals surface area contributed by atoms with Gasteiger partial charge in [-0.05, 0) is 18.2 Å². The van der Waals surface area contributed by atoms with E-state index in [1.54, 1.807) is 0 Å². The van der Waals surface area contributed by atoms with E-state index in [1.165, 1.54) is 6.07 Å². The molecule has 0 radical (unpaired) electrons. The van der Waals surface area contributed by atoms with Gasteiger partial charge in [-0.25, -0.2) is 0 Å². The highest BCUT2D eigenvalue weighted by atomic mass is 16.7. The topological polar surface area (TPSA) is 260 Å². The maximum atomic E-state index is 13.8. The summed E-state index contributed by atoms with van der Waals surface area (Å²) in [4.78, 5) is 13.8. The Labute approximate surface area is 229 Å². The Hall–Kier alpha value is -3.51. The molecule has 10 N–H and O–H groups in total. The monoisotopic (exact) mass is 580 g/mol. The molecule has 2 aliphatic rings. The van der Waals surface area contributed by atoms with Gasteiger partial charge in [-0.3, -0.25) is 4.79 Å². The van der Waals surface area contributed by atoms with Crippen molar-refractivity contribution in [1.29, 1.82) is 0 Å². The van der Waals surface area contributed by atoms with Gasteiger partial charge in [0, 0.05) is 17.7 Å². The van der Waals surface area contributed by atoms with Crippen molar-refractivity contribution in [3.63, 3.8) is 0 Å². The highest BCUT2D eigenvalue weighted by molar-refractivity contribution is 5.87. The summed E-state index contributed by atoms with van der Waals surface area (Å²) in [6.45, 7) is -0.972. The molecule has 222 valence electrons.